The molecule has 31 heavy (non-hydrogen) atoms. The van der Waals surface area contributed by atoms with E-state index >= 15 is 0 Å². The van der Waals surface area contributed by atoms with Gasteiger partial charge >= 0.3 is 6.03 Å². The minimum Gasteiger partial charge on any atom is -0.495 e. The Morgan fingerprint density at radius 2 is 1.97 bits per heavy atom. The number of likely N-dealkylation sites (N-methyl/N-ethyl adjacent to an activating group) is 1. The number of rotatable bonds is 6. The second-order valence-corrected chi connectivity index (χ2v) is 9.15. The molecule has 0 radical (unpaired) electrons. The summed E-state index contributed by atoms with van der Waals surface area (Å²) in [6.07, 6.45) is 2.41. The summed E-state index contributed by atoms with van der Waals surface area (Å²) in [6, 6.07) is 5.58. The van der Waals surface area contributed by atoms with E-state index in [1.165, 1.54) is 4.90 Å². The van der Waals surface area contributed by atoms with Crippen LogP contribution in [0.3, 0.4) is 0 Å². The molecule has 0 aliphatic carbocycles. The van der Waals surface area contributed by atoms with Crippen LogP contribution in [0.15, 0.2) is 18.2 Å². The first-order chi connectivity index (χ1) is 14.9. The van der Waals surface area contributed by atoms with Crippen LogP contribution in [0.1, 0.15) is 38.7 Å². The first-order valence-electron chi connectivity index (χ1n) is 11.4. The molecule has 4 unspecified atom stereocenters. The summed E-state index contributed by atoms with van der Waals surface area (Å²) in [5.74, 6) is 1.10. The van der Waals surface area contributed by atoms with Gasteiger partial charge in [-0.3, -0.25) is 19.9 Å². The standard InChI is InChI=1S/C23H35N5O3/c1-6-7-8-11-26-21(29)19-20(25(4)23(26)30)24-22-27(13-16(3)14-28(19)22)17-12-15(2)9-10-18(17)31-5/h9-10,12,16,19-20,22,24H,6-8,11,13-14H2,1-5H3. The number of urea groups is 1. The number of aryl methyl sites for hydroxylation is 1. The van der Waals surface area contributed by atoms with Crippen molar-refractivity contribution in [3.05, 3.63) is 23.8 Å². The van der Waals surface area contributed by atoms with Gasteiger partial charge in [-0.2, -0.15) is 0 Å². The molecule has 1 aromatic rings. The molecule has 0 aromatic heterocycles. The van der Waals surface area contributed by atoms with Gasteiger partial charge in [0.1, 0.15) is 24.2 Å². The maximum atomic E-state index is 13.5. The van der Waals surface area contributed by atoms with Crippen LogP contribution >= 0.6 is 0 Å². The Balaban J connectivity index is 1.66. The van der Waals surface area contributed by atoms with Crippen LogP contribution in [0.5, 0.6) is 5.75 Å². The van der Waals surface area contributed by atoms with Crippen LogP contribution in [-0.4, -0.2) is 78.9 Å². The van der Waals surface area contributed by atoms with Gasteiger partial charge in [-0.15, -0.1) is 0 Å². The van der Waals surface area contributed by atoms with Crippen molar-refractivity contribution in [3.8, 4) is 5.75 Å². The summed E-state index contributed by atoms with van der Waals surface area (Å²) in [5, 5.41) is 3.59. The smallest absolute Gasteiger partial charge is 0.327 e. The van der Waals surface area contributed by atoms with E-state index < -0.39 is 0 Å². The fraction of sp³-hybridized carbons (Fsp3) is 0.652. The highest BCUT2D eigenvalue weighted by Crippen LogP contribution is 2.38. The summed E-state index contributed by atoms with van der Waals surface area (Å²) in [6.45, 7) is 8.54. The molecule has 0 saturated carbocycles. The number of imide groups is 1. The van der Waals surface area contributed by atoms with E-state index in [1.54, 1.807) is 19.1 Å². The van der Waals surface area contributed by atoms with Crippen LogP contribution in [0, 0.1) is 12.8 Å². The van der Waals surface area contributed by atoms with Gasteiger partial charge in [0, 0.05) is 26.7 Å². The zero-order valence-corrected chi connectivity index (χ0v) is 19.3. The number of carbonyl (C=O) groups is 2. The molecule has 8 nitrogen and oxygen atoms in total. The highest BCUT2D eigenvalue weighted by molar-refractivity contribution is 6.00. The van der Waals surface area contributed by atoms with E-state index in [4.69, 9.17) is 4.74 Å². The maximum Gasteiger partial charge on any atom is 0.327 e. The van der Waals surface area contributed by atoms with E-state index in [2.05, 4.69) is 42.0 Å². The number of methoxy groups -OCH3 is 1. The average molecular weight is 430 g/mol. The van der Waals surface area contributed by atoms with E-state index in [0.29, 0.717) is 12.5 Å². The molecular formula is C23H35N5O3. The third-order valence-corrected chi connectivity index (χ3v) is 6.71. The predicted octanol–water partition coefficient (Wildman–Crippen LogP) is 2.43. The normalized spacial score (nSPS) is 28.7. The average Bonchev–Trinajstić information content (AvgIpc) is 3.13. The van der Waals surface area contributed by atoms with Crippen LogP contribution < -0.4 is 15.0 Å². The first-order valence-corrected chi connectivity index (χ1v) is 11.4. The van der Waals surface area contributed by atoms with Crippen molar-refractivity contribution in [3.63, 3.8) is 0 Å². The van der Waals surface area contributed by atoms with Crippen molar-refractivity contribution in [2.45, 2.75) is 58.5 Å². The molecule has 3 fully saturated rings. The van der Waals surface area contributed by atoms with Gasteiger partial charge in [0.2, 0.25) is 0 Å². The molecule has 3 saturated heterocycles. The number of hydrogen-bond donors (Lipinski definition) is 1. The van der Waals surface area contributed by atoms with Gasteiger partial charge in [0.05, 0.1) is 12.8 Å². The molecule has 0 bridgehead atoms. The molecule has 1 aromatic carbocycles. The van der Waals surface area contributed by atoms with Gasteiger partial charge in [-0.25, -0.2) is 4.79 Å². The monoisotopic (exact) mass is 429 g/mol. The Hall–Kier alpha value is -2.32. The Bertz CT molecular complexity index is 847. The minimum atomic E-state index is -0.379. The number of amides is 3. The summed E-state index contributed by atoms with van der Waals surface area (Å²) in [5.41, 5.74) is 2.16. The minimum absolute atomic E-state index is 0.0792. The van der Waals surface area contributed by atoms with Crippen molar-refractivity contribution < 1.29 is 14.3 Å². The number of carbonyl (C=O) groups excluding carboxylic acids is 2. The molecular weight excluding hydrogens is 394 g/mol. The molecule has 170 valence electrons. The van der Waals surface area contributed by atoms with Crippen molar-refractivity contribution >= 4 is 17.6 Å². The van der Waals surface area contributed by atoms with E-state index in [0.717, 1.165) is 49.4 Å². The Morgan fingerprint density at radius 3 is 2.68 bits per heavy atom. The molecule has 3 aliphatic rings. The van der Waals surface area contributed by atoms with E-state index in [-0.39, 0.29) is 30.4 Å². The first kappa shape index (κ1) is 21.9. The summed E-state index contributed by atoms with van der Waals surface area (Å²) in [4.78, 5) is 34.1. The molecule has 3 heterocycles. The van der Waals surface area contributed by atoms with Gasteiger partial charge in [0.15, 0.2) is 0 Å². The quantitative estimate of drug-likeness (QED) is 0.701. The lowest BCUT2D eigenvalue weighted by Crippen LogP contribution is -2.66. The number of fused-ring (bicyclic) bond motifs is 3. The summed E-state index contributed by atoms with van der Waals surface area (Å²) in [7, 11) is 3.48. The second-order valence-electron chi connectivity index (χ2n) is 9.15. The van der Waals surface area contributed by atoms with Crippen LogP contribution in [0.4, 0.5) is 10.5 Å². The Labute approximate surface area is 185 Å². The lowest BCUT2D eigenvalue weighted by molar-refractivity contribution is -0.138. The predicted molar refractivity (Wildman–Crippen MR) is 120 cm³/mol. The lowest BCUT2D eigenvalue weighted by Gasteiger charge is -2.46. The SMILES string of the molecule is CCCCCN1C(=O)C2C(NC3N(c4cc(C)ccc4OC)CC(C)CN23)N(C)C1=O. The van der Waals surface area contributed by atoms with Crippen LogP contribution in [0.2, 0.25) is 0 Å². The fourth-order valence-corrected chi connectivity index (χ4v) is 5.15. The second kappa shape index (κ2) is 8.67. The van der Waals surface area contributed by atoms with Crippen molar-refractivity contribution in [1.82, 2.24) is 20.0 Å². The third-order valence-electron chi connectivity index (χ3n) is 6.71. The van der Waals surface area contributed by atoms with Crippen LogP contribution in [-0.2, 0) is 4.79 Å². The zero-order valence-electron chi connectivity index (χ0n) is 19.3. The Morgan fingerprint density at radius 1 is 1.19 bits per heavy atom. The molecule has 4 atom stereocenters. The third kappa shape index (κ3) is 3.76. The van der Waals surface area contributed by atoms with Gasteiger partial charge in [0.25, 0.3) is 5.91 Å². The number of ether oxygens (including phenoxy) is 1. The zero-order chi connectivity index (χ0) is 22.3. The fourth-order valence-electron chi connectivity index (χ4n) is 5.15. The van der Waals surface area contributed by atoms with Crippen molar-refractivity contribution in [2.75, 3.05) is 38.7 Å². The van der Waals surface area contributed by atoms with Gasteiger partial charge in [-0.05, 0) is 37.0 Å². The largest absolute Gasteiger partial charge is 0.495 e. The van der Waals surface area contributed by atoms with Crippen molar-refractivity contribution in [2.24, 2.45) is 5.92 Å². The van der Waals surface area contributed by atoms with Gasteiger partial charge in [-0.1, -0.05) is 32.8 Å². The Kier molecular flexibility index (Phi) is 6.12. The molecule has 3 amide bonds. The van der Waals surface area contributed by atoms with E-state index in [9.17, 15) is 9.59 Å². The highest BCUT2D eigenvalue weighted by atomic mass is 16.5. The summed E-state index contributed by atoms with van der Waals surface area (Å²) < 4.78 is 5.66. The number of anilines is 1. The lowest BCUT2D eigenvalue weighted by atomic mass is 10.0. The molecule has 0 spiro atoms. The molecule has 4 rings (SSSR count). The highest BCUT2D eigenvalue weighted by Gasteiger charge is 2.56. The number of nitrogens with zero attached hydrogens (tertiary/aromatic N) is 4. The molecule has 3 aliphatic heterocycles. The van der Waals surface area contributed by atoms with Crippen LogP contribution in [0.25, 0.3) is 0 Å². The number of unbranched alkanes of at least 4 members (excludes halogenated alkanes) is 2. The van der Waals surface area contributed by atoms with Gasteiger partial charge < -0.3 is 14.5 Å². The van der Waals surface area contributed by atoms with Crippen molar-refractivity contribution in [1.29, 1.82) is 0 Å². The number of hydrogen-bond acceptors (Lipinski definition) is 6. The maximum absolute atomic E-state index is 13.5. The number of nitrogens with one attached hydrogen (secondary N) is 1. The topological polar surface area (TPSA) is 68.4 Å². The number of benzene rings is 1. The summed E-state index contributed by atoms with van der Waals surface area (Å²) >= 11 is 0. The molecule has 1 N–H and O–H groups in total. The van der Waals surface area contributed by atoms with E-state index in [1.807, 2.05) is 12.1 Å². The molecule has 8 heteroatoms.